The van der Waals surface area contributed by atoms with E-state index in [1.54, 1.807) is 43.5 Å². The molecule has 0 saturated heterocycles. The van der Waals surface area contributed by atoms with Gasteiger partial charge in [0.2, 0.25) is 0 Å². The predicted molar refractivity (Wildman–Crippen MR) is 97.9 cm³/mol. The summed E-state index contributed by atoms with van der Waals surface area (Å²) in [6.45, 7) is 0.191. The molecule has 0 amide bonds. The van der Waals surface area contributed by atoms with E-state index < -0.39 is 11.8 Å². The highest BCUT2D eigenvalue weighted by atomic mass is 19.3. The van der Waals surface area contributed by atoms with Crippen LogP contribution in [0.4, 0.5) is 8.78 Å². The van der Waals surface area contributed by atoms with Gasteiger partial charge in [-0.3, -0.25) is 9.48 Å². The van der Waals surface area contributed by atoms with Crippen molar-refractivity contribution in [1.29, 1.82) is 0 Å². The van der Waals surface area contributed by atoms with Crippen molar-refractivity contribution >= 4 is 0 Å². The number of hydrogen-bond donors (Lipinski definition) is 0. The molecule has 7 heteroatoms. The number of benzene rings is 1. The minimum Gasteiger partial charge on any atom is -0.497 e. The highest BCUT2D eigenvalue weighted by Crippen LogP contribution is 2.49. The quantitative estimate of drug-likeness (QED) is 0.689. The second-order valence-electron chi connectivity index (χ2n) is 6.89. The van der Waals surface area contributed by atoms with Crippen molar-refractivity contribution in [3.05, 3.63) is 59.3 Å². The highest BCUT2D eigenvalue weighted by molar-refractivity contribution is 5.82. The summed E-state index contributed by atoms with van der Waals surface area (Å²) < 4.78 is 34.6. The van der Waals surface area contributed by atoms with Gasteiger partial charge in [-0.1, -0.05) is 12.1 Å². The van der Waals surface area contributed by atoms with E-state index in [9.17, 15) is 13.6 Å². The van der Waals surface area contributed by atoms with Crippen molar-refractivity contribution in [3.8, 4) is 28.0 Å². The van der Waals surface area contributed by atoms with Crippen LogP contribution in [0.25, 0.3) is 22.3 Å². The van der Waals surface area contributed by atoms with E-state index >= 15 is 0 Å². The maximum absolute atomic E-state index is 13.2. The van der Waals surface area contributed by atoms with E-state index in [1.165, 1.54) is 4.57 Å². The second-order valence-corrected chi connectivity index (χ2v) is 6.89. The summed E-state index contributed by atoms with van der Waals surface area (Å²) in [6, 6.07) is 8.99. The lowest BCUT2D eigenvalue weighted by molar-refractivity contribution is 0.0942. The third-order valence-corrected chi connectivity index (χ3v) is 4.94. The molecule has 0 radical (unpaired) electrons. The lowest BCUT2D eigenvalue weighted by atomic mass is 9.98. The molecular weight excluding hydrogens is 352 g/mol. The number of halogens is 2. The number of pyridine rings is 1. The second kappa shape index (κ2) is 6.33. The van der Waals surface area contributed by atoms with Gasteiger partial charge in [-0.2, -0.15) is 5.10 Å². The van der Waals surface area contributed by atoms with E-state index in [0.717, 1.165) is 28.0 Å². The molecule has 5 nitrogen and oxygen atoms in total. The van der Waals surface area contributed by atoms with Gasteiger partial charge in [-0.15, -0.1) is 0 Å². The highest BCUT2D eigenvalue weighted by Gasteiger charge is 2.56. The van der Waals surface area contributed by atoms with Crippen LogP contribution in [0.15, 0.2) is 53.7 Å². The SMILES string of the molecule is COc1ccc(-c2cc(=O)n(C)cc2-c2cnn(CC3CC3(F)F)c2)cc1. The van der Waals surface area contributed by atoms with Crippen LogP contribution < -0.4 is 10.3 Å². The van der Waals surface area contributed by atoms with Gasteiger partial charge in [-0.05, 0) is 23.3 Å². The third kappa shape index (κ3) is 3.37. The van der Waals surface area contributed by atoms with Crippen LogP contribution in [-0.4, -0.2) is 27.4 Å². The van der Waals surface area contributed by atoms with Crippen molar-refractivity contribution in [2.75, 3.05) is 7.11 Å². The van der Waals surface area contributed by atoms with Crippen LogP contribution in [0.3, 0.4) is 0 Å². The standard InChI is InChI=1S/C20H19F2N3O2/c1-24-12-18(14-9-23-25(10-14)11-15-8-20(15,21)22)17(7-19(24)26)13-3-5-16(27-2)6-4-13/h3-7,9-10,12,15H,8,11H2,1-2H3. The largest absolute Gasteiger partial charge is 0.497 e. The molecule has 140 valence electrons. The van der Waals surface area contributed by atoms with Gasteiger partial charge in [0.1, 0.15) is 5.75 Å². The lowest BCUT2D eigenvalue weighted by Gasteiger charge is -2.11. The van der Waals surface area contributed by atoms with Crippen molar-refractivity contribution in [2.24, 2.45) is 13.0 Å². The molecule has 1 saturated carbocycles. The normalized spacial score (nSPS) is 17.7. The summed E-state index contributed by atoms with van der Waals surface area (Å²) in [4.78, 5) is 12.2. The van der Waals surface area contributed by atoms with Crippen molar-refractivity contribution in [3.63, 3.8) is 0 Å². The minimum atomic E-state index is -2.57. The first-order valence-corrected chi connectivity index (χ1v) is 8.63. The molecule has 1 aliphatic carbocycles. The molecule has 2 heterocycles. The first kappa shape index (κ1) is 17.5. The van der Waals surface area contributed by atoms with Crippen molar-refractivity contribution < 1.29 is 13.5 Å². The van der Waals surface area contributed by atoms with Crippen LogP contribution in [0.2, 0.25) is 0 Å². The average molecular weight is 371 g/mol. The maximum atomic E-state index is 13.2. The van der Waals surface area contributed by atoms with Crippen LogP contribution >= 0.6 is 0 Å². The Balaban J connectivity index is 1.72. The van der Waals surface area contributed by atoms with E-state index in [-0.39, 0.29) is 18.5 Å². The Hall–Kier alpha value is -2.96. The fourth-order valence-corrected chi connectivity index (χ4v) is 3.17. The molecule has 1 atom stereocenters. The summed E-state index contributed by atoms with van der Waals surface area (Å²) in [7, 11) is 3.27. The van der Waals surface area contributed by atoms with Crippen molar-refractivity contribution in [2.45, 2.75) is 18.9 Å². The summed E-state index contributed by atoms with van der Waals surface area (Å²) in [5.74, 6) is -2.49. The molecule has 1 aromatic carbocycles. The molecular formula is C20H19F2N3O2. The van der Waals surface area contributed by atoms with Crippen molar-refractivity contribution in [1.82, 2.24) is 14.3 Å². The van der Waals surface area contributed by atoms with Gasteiger partial charge in [0.05, 0.1) is 13.3 Å². The molecule has 1 fully saturated rings. The van der Waals surface area contributed by atoms with Crippen LogP contribution in [-0.2, 0) is 13.6 Å². The zero-order chi connectivity index (χ0) is 19.2. The molecule has 2 aromatic heterocycles. The molecule has 4 rings (SSSR count). The molecule has 1 unspecified atom stereocenters. The molecule has 0 spiro atoms. The predicted octanol–water partition coefficient (Wildman–Crippen LogP) is 3.58. The van der Waals surface area contributed by atoms with Gasteiger partial charge in [0, 0.05) is 55.5 Å². The van der Waals surface area contributed by atoms with E-state index in [2.05, 4.69) is 5.10 Å². The summed E-state index contributed by atoms with van der Waals surface area (Å²) in [5, 5.41) is 4.23. The Bertz CT molecular complexity index is 1040. The minimum absolute atomic E-state index is 0.0842. The van der Waals surface area contributed by atoms with Gasteiger partial charge in [0.15, 0.2) is 0 Å². The molecule has 0 aliphatic heterocycles. The molecule has 3 aromatic rings. The Labute approximate surface area is 154 Å². The number of aromatic nitrogens is 3. The summed E-state index contributed by atoms with van der Waals surface area (Å²) in [5.41, 5.74) is 3.09. The Morgan fingerprint density at radius 2 is 1.89 bits per heavy atom. The number of rotatable bonds is 5. The van der Waals surface area contributed by atoms with E-state index in [0.29, 0.717) is 0 Å². The maximum Gasteiger partial charge on any atom is 0.253 e. The van der Waals surface area contributed by atoms with E-state index in [4.69, 9.17) is 4.74 Å². The zero-order valence-electron chi connectivity index (χ0n) is 15.0. The smallest absolute Gasteiger partial charge is 0.253 e. The zero-order valence-corrected chi connectivity index (χ0v) is 15.0. The van der Waals surface area contributed by atoms with Gasteiger partial charge in [0.25, 0.3) is 11.5 Å². The fraction of sp³-hybridized carbons (Fsp3) is 0.300. The number of ether oxygens (including phenoxy) is 1. The third-order valence-electron chi connectivity index (χ3n) is 4.94. The van der Waals surface area contributed by atoms with Gasteiger partial charge >= 0.3 is 0 Å². The number of nitrogens with zero attached hydrogens (tertiary/aromatic N) is 3. The van der Waals surface area contributed by atoms with Gasteiger partial charge < -0.3 is 9.30 Å². The molecule has 0 bridgehead atoms. The number of methoxy groups -OCH3 is 1. The number of alkyl halides is 2. The topological polar surface area (TPSA) is 49.1 Å². The summed E-state index contributed by atoms with van der Waals surface area (Å²) >= 11 is 0. The lowest BCUT2D eigenvalue weighted by Crippen LogP contribution is -2.15. The Morgan fingerprint density at radius 3 is 2.52 bits per heavy atom. The van der Waals surface area contributed by atoms with Crippen LogP contribution in [0, 0.1) is 5.92 Å². The molecule has 1 aliphatic rings. The number of aryl methyl sites for hydroxylation is 1. The first-order valence-electron chi connectivity index (χ1n) is 8.63. The van der Waals surface area contributed by atoms with Gasteiger partial charge in [-0.25, -0.2) is 8.78 Å². The molecule has 0 N–H and O–H groups in total. The first-order chi connectivity index (χ1) is 12.9. The fourth-order valence-electron chi connectivity index (χ4n) is 3.17. The monoisotopic (exact) mass is 371 g/mol. The average Bonchev–Trinajstić information content (AvgIpc) is 3.04. The molecule has 27 heavy (non-hydrogen) atoms. The number of hydrogen-bond acceptors (Lipinski definition) is 3. The summed E-state index contributed by atoms with van der Waals surface area (Å²) in [6.07, 6.45) is 5.06. The van der Waals surface area contributed by atoms with E-state index in [1.807, 2.05) is 24.3 Å². The van der Waals surface area contributed by atoms with Crippen LogP contribution in [0.5, 0.6) is 5.75 Å². The van der Waals surface area contributed by atoms with Crippen LogP contribution in [0.1, 0.15) is 6.42 Å². The Kier molecular flexibility index (Phi) is 4.09. The Morgan fingerprint density at radius 1 is 1.19 bits per heavy atom.